The third-order valence-corrected chi connectivity index (χ3v) is 13.9. The molecule has 0 aromatic heterocycles. The van der Waals surface area contributed by atoms with Crippen LogP contribution in [0.15, 0.2) is 72.8 Å². The van der Waals surface area contributed by atoms with Crippen LogP contribution >= 0.6 is 0 Å². The Bertz CT molecular complexity index is 670. The predicted octanol–water partition coefficient (Wildman–Crippen LogP) is 5.48. The first-order valence-corrected chi connectivity index (χ1v) is 16.2. The van der Waals surface area contributed by atoms with E-state index >= 15 is 0 Å². The molecule has 0 nitrogen and oxygen atoms in total. The molecule has 3 rings (SSSR count). The third kappa shape index (κ3) is 5.74. The fourth-order valence-electron chi connectivity index (χ4n) is 3.39. The van der Waals surface area contributed by atoms with E-state index < -0.39 is 19.8 Å². The van der Waals surface area contributed by atoms with Gasteiger partial charge >= 0.3 is 160 Å². The third-order valence-electron chi connectivity index (χ3n) is 4.93. The number of aryl methyl sites for hydroxylation is 3. The van der Waals surface area contributed by atoms with Crippen LogP contribution in [0.1, 0.15) is 33.4 Å². The Morgan fingerprint density at radius 1 is 0.440 bits per heavy atom. The van der Waals surface area contributed by atoms with E-state index in [1.165, 1.54) is 46.7 Å². The fraction of sp³-hybridized carbons (Fsp3) is 0.250. The van der Waals surface area contributed by atoms with Crippen molar-refractivity contribution >= 4 is 19.8 Å². The molecule has 0 aliphatic heterocycles. The summed E-state index contributed by atoms with van der Waals surface area (Å²) < 4.78 is 4.01. The molecule has 0 unspecified atom stereocenters. The van der Waals surface area contributed by atoms with Crippen molar-refractivity contribution in [3.8, 4) is 0 Å². The van der Waals surface area contributed by atoms with E-state index in [2.05, 4.69) is 93.6 Å². The monoisotopic (exact) mass is 436 g/mol. The van der Waals surface area contributed by atoms with Gasteiger partial charge in [-0.1, -0.05) is 0 Å². The van der Waals surface area contributed by atoms with E-state index in [0.717, 1.165) is 0 Å². The van der Waals surface area contributed by atoms with Gasteiger partial charge in [0.25, 0.3) is 0 Å². The Balaban J connectivity index is 1.77. The van der Waals surface area contributed by atoms with Crippen molar-refractivity contribution in [1.29, 1.82) is 0 Å². The van der Waals surface area contributed by atoms with Gasteiger partial charge in [-0.05, 0) is 0 Å². The molecule has 128 valence electrons. The van der Waals surface area contributed by atoms with E-state index in [-0.39, 0.29) is 0 Å². The molecule has 3 aromatic rings. The molecule has 0 aliphatic carbocycles. The summed E-state index contributed by atoms with van der Waals surface area (Å²) in [5.74, 6) is 0. The summed E-state index contributed by atoms with van der Waals surface area (Å²) in [7, 11) is 0. The van der Waals surface area contributed by atoms with Gasteiger partial charge in [0.15, 0.2) is 0 Å². The molecule has 3 aromatic carbocycles. The molecule has 0 heterocycles. The molecule has 0 amide bonds. The second-order valence-electron chi connectivity index (χ2n) is 7.44. The van der Waals surface area contributed by atoms with Crippen molar-refractivity contribution in [3.05, 3.63) is 106 Å². The van der Waals surface area contributed by atoms with Gasteiger partial charge < -0.3 is 0 Å². The van der Waals surface area contributed by atoms with Gasteiger partial charge in [-0.2, -0.15) is 0 Å². The molecule has 0 N–H and O–H groups in total. The van der Waals surface area contributed by atoms with Gasteiger partial charge in [-0.3, -0.25) is 0 Å². The zero-order valence-electron chi connectivity index (χ0n) is 15.6. The molecule has 0 saturated heterocycles. The zero-order chi connectivity index (χ0) is 17.6. The van der Waals surface area contributed by atoms with E-state index in [1.807, 2.05) is 0 Å². The first-order valence-electron chi connectivity index (χ1n) is 9.25. The molecule has 1 heteroatoms. The second-order valence-corrected chi connectivity index (χ2v) is 15.9. The van der Waals surface area contributed by atoms with E-state index in [9.17, 15) is 0 Å². The van der Waals surface area contributed by atoms with Gasteiger partial charge in [-0.15, -0.1) is 0 Å². The van der Waals surface area contributed by atoms with Crippen LogP contribution in [0.25, 0.3) is 0 Å². The summed E-state index contributed by atoms with van der Waals surface area (Å²) in [4.78, 5) is 0. The molecular formula is C24H28Sn. The second kappa shape index (κ2) is 8.71. The molecule has 0 saturated carbocycles. The molecule has 0 radical (unpaired) electrons. The Kier molecular flexibility index (Phi) is 6.36. The summed E-state index contributed by atoms with van der Waals surface area (Å²) >= 11 is -1.77. The quantitative estimate of drug-likeness (QED) is 0.450. The minimum absolute atomic E-state index is 1.34. The maximum absolute atomic E-state index is 2.34. The Labute approximate surface area is 159 Å². The van der Waals surface area contributed by atoms with Crippen LogP contribution in [0.2, 0.25) is 0 Å². The van der Waals surface area contributed by atoms with Crippen molar-refractivity contribution in [2.24, 2.45) is 0 Å². The number of benzene rings is 3. The summed E-state index contributed by atoms with van der Waals surface area (Å²) in [6, 6.07) is 27.6. The Morgan fingerprint density at radius 3 is 0.920 bits per heavy atom. The van der Waals surface area contributed by atoms with Gasteiger partial charge in [0, 0.05) is 0 Å². The maximum atomic E-state index is 2.34. The first kappa shape index (κ1) is 18.3. The van der Waals surface area contributed by atoms with Crippen LogP contribution in [-0.2, 0) is 13.3 Å². The normalized spacial score (nSPS) is 11.0. The molecule has 0 spiro atoms. The standard InChI is InChI=1S/3C8H9.Sn.H/c3*1-7-3-5-8(2)6-4-7;;/h3*3-6H,1H2,2H3;;. The molecular weight excluding hydrogens is 407 g/mol. The van der Waals surface area contributed by atoms with Crippen LogP contribution < -0.4 is 0 Å². The van der Waals surface area contributed by atoms with Gasteiger partial charge in [-0.25, -0.2) is 0 Å². The molecule has 0 aliphatic rings. The van der Waals surface area contributed by atoms with Crippen LogP contribution in [-0.4, -0.2) is 19.8 Å². The van der Waals surface area contributed by atoms with Crippen molar-refractivity contribution in [2.45, 2.75) is 34.1 Å². The minimum atomic E-state index is -1.77. The van der Waals surface area contributed by atoms with Crippen molar-refractivity contribution < 1.29 is 0 Å². The Hall–Kier alpha value is -1.54. The van der Waals surface area contributed by atoms with Gasteiger partial charge in [0.1, 0.15) is 0 Å². The van der Waals surface area contributed by atoms with Crippen molar-refractivity contribution in [2.75, 3.05) is 0 Å². The summed E-state index contributed by atoms with van der Waals surface area (Å²) in [5, 5.41) is 0. The van der Waals surface area contributed by atoms with Crippen LogP contribution in [0.3, 0.4) is 0 Å². The predicted molar refractivity (Wildman–Crippen MR) is 112 cm³/mol. The number of rotatable bonds is 6. The van der Waals surface area contributed by atoms with Crippen molar-refractivity contribution in [3.63, 3.8) is 0 Å². The van der Waals surface area contributed by atoms with E-state index in [1.54, 1.807) is 0 Å². The topological polar surface area (TPSA) is 0 Å². The molecule has 0 bridgehead atoms. The fourth-order valence-corrected chi connectivity index (χ4v) is 12.7. The SMILES string of the molecule is Cc1ccc([CH2][SnH]([CH2]c2ccc(C)cc2)[CH2]c2ccc(C)cc2)cc1. The van der Waals surface area contributed by atoms with Crippen LogP contribution in [0.5, 0.6) is 0 Å². The van der Waals surface area contributed by atoms with Crippen LogP contribution in [0, 0.1) is 20.8 Å². The van der Waals surface area contributed by atoms with Crippen LogP contribution in [0.4, 0.5) is 0 Å². The van der Waals surface area contributed by atoms with E-state index in [0.29, 0.717) is 0 Å². The zero-order valence-corrected chi connectivity index (χ0v) is 18.9. The van der Waals surface area contributed by atoms with Gasteiger partial charge in [0.05, 0.1) is 0 Å². The molecule has 0 fully saturated rings. The Morgan fingerprint density at radius 2 is 0.680 bits per heavy atom. The van der Waals surface area contributed by atoms with Gasteiger partial charge in [0.2, 0.25) is 0 Å². The average Bonchev–Trinajstić information content (AvgIpc) is 2.61. The summed E-state index contributed by atoms with van der Waals surface area (Å²) in [6.07, 6.45) is 0. The summed E-state index contributed by atoms with van der Waals surface area (Å²) in [6.45, 7) is 6.51. The van der Waals surface area contributed by atoms with Crippen molar-refractivity contribution in [1.82, 2.24) is 0 Å². The molecule has 0 atom stereocenters. The number of hydrogen-bond donors (Lipinski definition) is 0. The van der Waals surface area contributed by atoms with E-state index in [4.69, 9.17) is 0 Å². The average molecular weight is 435 g/mol. The summed E-state index contributed by atoms with van der Waals surface area (Å²) in [5.41, 5.74) is 8.66. The first-order chi connectivity index (χ1) is 12.1. The molecule has 25 heavy (non-hydrogen) atoms. The number of hydrogen-bond acceptors (Lipinski definition) is 0.